The molecule has 0 N–H and O–H groups in total. The van der Waals surface area contributed by atoms with Gasteiger partial charge in [0.2, 0.25) is 0 Å². The fourth-order valence-electron chi connectivity index (χ4n) is 3.24. The minimum Gasteiger partial charge on any atom is -0.0616 e. The van der Waals surface area contributed by atoms with Crippen LogP contribution in [0.15, 0.2) is 42.5 Å². The van der Waals surface area contributed by atoms with E-state index in [9.17, 15) is 0 Å². The van der Waals surface area contributed by atoms with E-state index in [4.69, 9.17) is 0 Å². The monoisotopic (exact) mass is 240 g/mol. The number of fused-ring (bicyclic) bond motifs is 1. The molecule has 2 rings (SSSR count). The first kappa shape index (κ1) is 13.1. The van der Waals surface area contributed by atoms with E-state index < -0.39 is 0 Å². The van der Waals surface area contributed by atoms with Crippen molar-refractivity contribution in [2.45, 2.75) is 46.5 Å². The van der Waals surface area contributed by atoms with Gasteiger partial charge >= 0.3 is 0 Å². The van der Waals surface area contributed by atoms with E-state index in [0.717, 1.165) is 0 Å². The maximum absolute atomic E-state index is 2.36. The van der Waals surface area contributed by atoms with Gasteiger partial charge in [0.15, 0.2) is 0 Å². The van der Waals surface area contributed by atoms with Crippen molar-refractivity contribution in [3.63, 3.8) is 0 Å². The molecule has 0 atom stereocenters. The molecule has 96 valence electrons. The number of hydrogen-bond donors (Lipinski definition) is 0. The first-order chi connectivity index (χ1) is 8.30. The summed E-state index contributed by atoms with van der Waals surface area (Å²) in [6.07, 6.45) is 1.19. The van der Waals surface area contributed by atoms with E-state index in [-0.39, 0.29) is 5.41 Å². The van der Waals surface area contributed by atoms with E-state index in [1.165, 1.54) is 22.8 Å². The molecule has 0 spiro atoms. The minimum atomic E-state index is 0.207. The Kier molecular flexibility index (Phi) is 3.23. The molecule has 0 heterocycles. The molecule has 0 aliphatic rings. The number of rotatable bonds is 2. The maximum Gasteiger partial charge on any atom is -0.00924 e. The molecule has 2 aromatic carbocycles. The molecular formula is C18H24. The van der Waals surface area contributed by atoms with Gasteiger partial charge in [0.25, 0.3) is 0 Å². The third-order valence-electron chi connectivity index (χ3n) is 3.49. The Morgan fingerprint density at radius 1 is 0.778 bits per heavy atom. The fourth-order valence-corrected chi connectivity index (χ4v) is 3.24. The van der Waals surface area contributed by atoms with Gasteiger partial charge in [-0.1, -0.05) is 77.1 Å². The molecule has 0 amide bonds. The molecule has 0 bridgehead atoms. The lowest BCUT2D eigenvalue weighted by atomic mass is 9.71. The zero-order valence-electron chi connectivity index (χ0n) is 12.2. The van der Waals surface area contributed by atoms with E-state index in [0.29, 0.717) is 5.41 Å². The molecule has 0 aliphatic carbocycles. The third kappa shape index (κ3) is 2.75. The largest absolute Gasteiger partial charge is 0.0616 e. The van der Waals surface area contributed by atoms with Crippen LogP contribution in [0, 0.1) is 5.41 Å². The predicted molar refractivity (Wildman–Crippen MR) is 81.0 cm³/mol. The highest BCUT2D eigenvalue weighted by molar-refractivity contribution is 5.86. The molecule has 0 nitrogen and oxygen atoms in total. The maximum atomic E-state index is 2.36. The topological polar surface area (TPSA) is 0 Å². The van der Waals surface area contributed by atoms with Gasteiger partial charge in [0.05, 0.1) is 0 Å². The summed E-state index contributed by atoms with van der Waals surface area (Å²) < 4.78 is 0. The molecule has 0 aromatic heterocycles. The summed E-state index contributed by atoms with van der Waals surface area (Å²) in [5, 5.41) is 2.74. The summed E-state index contributed by atoms with van der Waals surface area (Å²) in [7, 11) is 0. The lowest BCUT2D eigenvalue weighted by Gasteiger charge is -2.33. The fraction of sp³-hybridized carbons (Fsp3) is 0.444. The van der Waals surface area contributed by atoms with Crippen molar-refractivity contribution in [2.75, 3.05) is 0 Å². The van der Waals surface area contributed by atoms with Gasteiger partial charge in [-0.15, -0.1) is 0 Å². The van der Waals surface area contributed by atoms with Crippen molar-refractivity contribution in [1.29, 1.82) is 0 Å². The van der Waals surface area contributed by atoms with Crippen LogP contribution >= 0.6 is 0 Å². The molecule has 2 aromatic rings. The van der Waals surface area contributed by atoms with Crippen LogP contribution in [0.25, 0.3) is 10.8 Å². The Labute approximate surface area is 111 Å². The second-order valence-electron chi connectivity index (χ2n) is 7.15. The lowest BCUT2D eigenvalue weighted by molar-refractivity contribution is 0.285. The van der Waals surface area contributed by atoms with Crippen LogP contribution in [0.2, 0.25) is 0 Å². The van der Waals surface area contributed by atoms with Gasteiger partial charge in [-0.05, 0) is 33.6 Å². The Balaban J connectivity index is 2.53. The molecule has 0 radical (unpaired) electrons. The van der Waals surface area contributed by atoms with Crippen LogP contribution in [0.3, 0.4) is 0 Å². The SMILES string of the molecule is CC(C)(C)CC(C)(C)c1cccc2ccccc12. The minimum absolute atomic E-state index is 0.207. The molecule has 0 fully saturated rings. The van der Waals surface area contributed by atoms with Crippen LogP contribution < -0.4 is 0 Å². The second kappa shape index (κ2) is 4.42. The number of hydrogen-bond acceptors (Lipinski definition) is 0. The molecular weight excluding hydrogens is 216 g/mol. The van der Waals surface area contributed by atoms with Crippen LogP contribution in [0.4, 0.5) is 0 Å². The number of benzene rings is 2. The normalized spacial score (nSPS) is 12.9. The van der Waals surface area contributed by atoms with Crippen molar-refractivity contribution < 1.29 is 0 Å². The van der Waals surface area contributed by atoms with E-state index in [1.54, 1.807) is 0 Å². The van der Waals surface area contributed by atoms with Gasteiger partial charge in [-0.25, -0.2) is 0 Å². The zero-order chi connectivity index (χ0) is 13.4. The Bertz CT molecular complexity index is 536. The van der Waals surface area contributed by atoms with Crippen molar-refractivity contribution in [3.05, 3.63) is 48.0 Å². The van der Waals surface area contributed by atoms with Crippen molar-refractivity contribution in [3.8, 4) is 0 Å². The first-order valence-corrected chi connectivity index (χ1v) is 6.78. The summed E-state index contributed by atoms with van der Waals surface area (Å²) in [5.74, 6) is 0. The molecule has 0 unspecified atom stereocenters. The highest BCUT2D eigenvalue weighted by Gasteiger charge is 2.28. The predicted octanol–water partition coefficient (Wildman–Crippen LogP) is 5.55. The van der Waals surface area contributed by atoms with Gasteiger partial charge < -0.3 is 0 Å². The molecule has 0 saturated heterocycles. The molecule has 0 aliphatic heterocycles. The van der Waals surface area contributed by atoms with Gasteiger partial charge in [-0.3, -0.25) is 0 Å². The summed E-state index contributed by atoms with van der Waals surface area (Å²) in [6, 6.07) is 15.4. The smallest absolute Gasteiger partial charge is 0.00924 e. The molecule has 0 saturated carbocycles. The standard InChI is InChI=1S/C18H24/c1-17(2,3)13-18(4,5)16-12-8-10-14-9-6-7-11-15(14)16/h6-12H,13H2,1-5H3. The summed E-state index contributed by atoms with van der Waals surface area (Å²) in [6.45, 7) is 11.7. The van der Waals surface area contributed by atoms with Gasteiger partial charge in [-0.2, -0.15) is 0 Å². The summed E-state index contributed by atoms with van der Waals surface area (Å²) >= 11 is 0. The van der Waals surface area contributed by atoms with E-state index >= 15 is 0 Å². The molecule has 18 heavy (non-hydrogen) atoms. The van der Waals surface area contributed by atoms with E-state index in [2.05, 4.69) is 77.1 Å². The van der Waals surface area contributed by atoms with Crippen LogP contribution in [0.1, 0.15) is 46.6 Å². The Hall–Kier alpha value is -1.30. The van der Waals surface area contributed by atoms with Gasteiger partial charge in [0, 0.05) is 0 Å². The Morgan fingerprint density at radius 2 is 1.39 bits per heavy atom. The van der Waals surface area contributed by atoms with Crippen LogP contribution in [-0.4, -0.2) is 0 Å². The lowest BCUT2D eigenvalue weighted by Crippen LogP contribution is -2.25. The van der Waals surface area contributed by atoms with Crippen molar-refractivity contribution in [1.82, 2.24) is 0 Å². The van der Waals surface area contributed by atoms with Crippen LogP contribution in [0.5, 0.6) is 0 Å². The summed E-state index contributed by atoms with van der Waals surface area (Å²) in [4.78, 5) is 0. The highest BCUT2D eigenvalue weighted by Crippen LogP contribution is 2.39. The van der Waals surface area contributed by atoms with Crippen LogP contribution in [-0.2, 0) is 5.41 Å². The van der Waals surface area contributed by atoms with Gasteiger partial charge in [0.1, 0.15) is 0 Å². The second-order valence-corrected chi connectivity index (χ2v) is 7.15. The average molecular weight is 240 g/mol. The van der Waals surface area contributed by atoms with Crippen molar-refractivity contribution in [2.24, 2.45) is 5.41 Å². The average Bonchev–Trinajstić information content (AvgIpc) is 2.25. The zero-order valence-corrected chi connectivity index (χ0v) is 12.2. The highest BCUT2D eigenvalue weighted by atomic mass is 14.3. The molecule has 0 heteroatoms. The first-order valence-electron chi connectivity index (χ1n) is 6.78. The third-order valence-corrected chi connectivity index (χ3v) is 3.49. The van der Waals surface area contributed by atoms with E-state index in [1.807, 2.05) is 0 Å². The Morgan fingerprint density at radius 3 is 2.06 bits per heavy atom. The van der Waals surface area contributed by atoms with Crippen molar-refractivity contribution >= 4 is 10.8 Å². The quantitative estimate of drug-likeness (QED) is 0.645. The summed E-state index contributed by atoms with van der Waals surface area (Å²) in [5.41, 5.74) is 2.02.